The molecule has 3 unspecified atom stereocenters. The third kappa shape index (κ3) is 1.52. The third-order valence-corrected chi connectivity index (χ3v) is 9.97. The Hall–Kier alpha value is -1.26. The van der Waals surface area contributed by atoms with Gasteiger partial charge in [-0.25, -0.2) is 0 Å². The van der Waals surface area contributed by atoms with Crippen molar-refractivity contribution in [3.63, 3.8) is 0 Å². The van der Waals surface area contributed by atoms with Crippen LogP contribution in [0.25, 0.3) is 0 Å². The Balaban J connectivity index is 1.55. The van der Waals surface area contributed by atoms with E-state index in [4.69, 9.17) is 14.2 Å². The number of piperidine rings is 1. The summed E-state index contributed by atoms with van der Waals surface area (Å²) in [6.07, 6.45) is 11.5. The van der Waals surface area contributed by atoms with Crippen LogP contribution in [0, 0.1) is 11.3 Å². The van der Waals surface area contributed by atoms with Gasteiger partial charge in [-0.2, -0.15) is 0 Å². The predicted octanol–water partition coefficient (Wildman–Crippen LogP) is 3.74. The fourth-order valence-electron chi connectivity index (χ4n) is 8.81. The molecule has 0 aromatic heterocycles. The average molecular weight is 382 g/mol. The summed E-state index contributed by atoms with van der Waals surface area (Å²) in [4.78, 5) is 0. The minimum atomic E-state index is -0.136. The lowest BCUT2D eigenvalue weighted by Gasteiger charge is -2.74. The van der Waals surface area contributed by atoms with Crippen molar-refractivity contribution in [1.29, 1.82) is 0 Å². The van der Waals surface area contributed by atoms with Crippen LogP contribution in [-0.4, -0.2) is 38.0 Å². The Morgan fingerprint density at radius 3 is 2.64 bits per heavy atom. The SMILES string of the molecule is COc1ccc2c3c1OC1C4(OC)CCC5(CC4)C(CC4CC4)(C2)NCCC315. The van der Waals surface area contributed by atoms with Crippen LogP contribution in [-0.2, 0) is 16.6 Å². The van der Waals surface area contributed by atoms with Crippen LogP contribution in [0.5, 0.6) is 11.5 Å². The van der Waals surface area contributed by atoms with E-state index in [0.717, 1.165) is 43.2 Å². The van der Waals surface area contributed by atoms with Crippen LogP contribution in [0.2, 0.25) is 0 Å². The summed E-state index contributed by atoms with van der Waals surface area (Å²) in [5.41, 5.74) is 3.51. The summed E-state index contributed by atoms with van der Waals surface area (Å²) < 4.78 is 19.0. The molecule has 28 heavy (non-hydrogen) atoms. The first-order valence-corrected chi connectivity index (χ1v) is 11.3. The van der Waals surface area contributed by atoms with Gasteiger partial charge >= 0.3 is 0 Å². The second-order valence-electron chi connectivity index (χ2n) is 10.5. The molecule has 5 aliphatic carbocycles. The number of rotatable bonds is 4. The molecule has 1 saturated heterocycles. The van der Waals surface area contributed by atoms with E-state index in [1.165, 1.54) is 49.7 Å². The molecule has 0 radical (unpaired) electrons. The lowest BCUT2D eigenvalue weighted by atomic mass is 9.33. The van der Waals surface area contributed by atoms with Gasteiger partial charge in [-0.15, -0.1) is 0 Å². The summed E-state index contributed by atoms with van der Waals surface area (Å²) in [6, 6.07) is 4.48. The summed E-state index contributed by atoms with van der Waals surface area (Å²) >= 11 is 0. The minimum absolute atomic E-state index is 0.0944. The highest BCUT2D eigenvalue weighted by Gasteiger charge is 2.81. The van der Waals surface area contributed by atoms with E-state index in [1.807, 2.05) is 7.11 Å². The first-order chi connectivity index (χ1) is 13.6. The maximum Gasteiger partial charge on any atom is 0.165 e. The Labute approximate surface area is 167 Å². The molecule has 2 heterocycles. The molecule has 2 spiro atoms. The fourth-order valence-corrected chi connectivity index (χ4v) is 8.81. The van der Waals surface area contributed by atoms with E-state index >= 15 is 0 Å². The average Bonchev–Trinajstić information content (AvgIpc) is 3.45. The number of nitrogens with one attached hydrogen (secondary N) is 1. The molecule has 5 fully saturated rings. The normalized spacial score (nSPS) is 46.9. The molecule has 1 N–H and O–H groups in total. The smallest absolute Gasteiger partial charge is 0.165 e. The summed E-state index contributed by atoms with van der Waals surface area (Å²) in [7, 11) is 3.70. The molecule has 1 aromatic carbocycles. The molecule has 8 rings (SSSR count). The highest BCUT2D eigenvalue weighted by Crippen LogP contribution is 2.77. The molecule has 150 valence electrons. The van der Waals surface area contributed by atoms with Crippen LogP contribution in [0.4, 0.5) is 0 Å². The third-order valence-electron chi connectivity index (χ3n) is 9.97. The number of ether oxygens (including phenoxy) is 3. The van der Waals surface area contributed by atoms with Crippen molar-refractivity contribution in [2.45, 2.75) is 80.4 Å². The fraction of sp³-hybridized carbons (Fsp3) is 0.750. The highest BCUT2D eigenvalue weighted by atomic mass is 16.6. The Bertz CT molecular complexity index is 869. The Kier molecular flexibility index (Phi) is 2.89. The summed E-state index contributed by atoms with van der Waals surface area (Å²) in [5, 5.41) is 4.16. The lowest BCUT2D eigenvalue weighted by Crippen LogP contribution is -2.83. The van der Waals surface area contributed by atoms with Gasteiger partial charge in [0.05, 0.1) is 7.11 Å². The van der Waals surface area contributed by atoms with Gasteiger partial charge in [0.1, 0.15) is 11.7 Å². The van der Waals surface area contributed by atoms with Gasteiger partial charge in [0.25, 0.3) is 0 Å². The lowest BCUT2D eigenvalue weighted by molar-refractivity contribution is -0.254. The van der Waals surface area contributed by atoms with E-state index in [9.17, 15) is 0 Å². The van der Waals surface area contributed by atoms with Crippen molar-refractivity contribution in [2.75, 3.05) is 20.8 Å². The molecule has 4 heteroatoms. The van der Waals surface area contributed by atoms with Crippen molar-refractivity contribution < 1.29 is 14.2 Å². The standard InChI is InChI=1S/C24H31NO3/c1-26-17-6-5-16-14-23(13-15-3-4-15)22-9-7-21(27-2,8-10-22)20-24(22,11-12-25-23)18(16)19(17)28-20/h5-6,15,20,25H,3-4,7-14H2,1-2H3. The van der Waals surface area contributed by atoms with E-state index in [0.29, 0.717) is 5.41 Å². The second-order valence-corrected chi connectivity index (χ2v) is 10.5. The van der Waals surface area contributed by atoms with Crippen LogP contribution in [0.15, 0.2) is 12.1 Å². The van der Waals surface area contributed by atoms with E-state index in [1.54, 1.807) is 7.11 Å². The van der Waals surface area contributed by atoms with Crippen LogP contribution in [0.1, 0.15) is 62.5 Å². The largest absolute Gasteiger partial charge is 0.493 e. The van der Waals surface area contributed by atoms with Gasteiger partial charge in [0, 0.05) is 29.0 Å². The van der Waals surface area contributed by atoms with Crippen molar-refractivity contribution in [2.24, 2.45) is 11.3 Å². The van der Waals surface area contributed by atoms with E-state index in [2.05, 4.69) is 17.4 Å². The maximum absolute atomic E-state index is 6.91. The van der Waals surface area contributed by atoms with Crippen LogP contribution >= 0.6 is 0 Å². The van der Waals surface area contributed by atoms with Crippen molar-refractivity contribution in [3.8, 4) is 11.5 Å². The number of benzene rings is 1. The molecular formula is C24H31NO3. The second kappa shape index (κ2) is 4.89. The van der Waals surface area contributed by atoms with Gasteiger partial charge in [-0.05, 0) is 69.0 Å². The molecule has 4 bridgehead atoms. The summed E-state index contributed by atoms with van der Waals surface area (Å²) in [6.45, 7) is 1.10. The first-order valence-electron chi connectivity index (χ1n) is 11.3. The zero-order valence-corrected chi connectivity index (χ0v) is 17.1. The summed E-state index contributed by atoms with van der Waals surface area (Å²) in [5.74, 6) is 2.88. The topological polar surface area (TPSA) is 39.7 Å². The number of fused-ring (bicyclic) bond motifs is 2. The highest BCUT2D eigenvalue weighted by molar-refractivity contribution is 5.64. The molecule has 3 atom stereocenters. The van der Waals surface area contributed by atoms with Crippen molar-refractivity contribution in [3.05, 3.63) is 23.3 Å². The van der Waals surface area contributed by atoms with Crippen LogP contribution < -0.4 is 14.8 Å². The zero-order chi connectivity index (χ0) is 18.8. The Morgan fingerprint density at radius 1 is 1.11 bits per heavy atom. The van der Waals surface area contributed by atoms with Gasteiger partial charge in [0.15, 0.2) is 11.5 Å². The van der Waals surface area contributed by atoms with E-state index in [-0.39, 0.29) is 22.7 Å². The minimum Gasteiger partial charge on any atom is -0.493 e. The number of methoxy groups -OCH3 is 2. The maximum atomic E-state index is 6.91. The van der Waals surface area contributed by atoms with Crippen molar-refractivity contribution >= 4 is 0 Å². The van der Waals surface area contributed by atoms with Gasteiger partial charge in [-0.3, -0.25) is 0 Å². The molecule has 4 nitrogen and oxygen atoms in total. The first kappa shape index (κ1) is 16.5. The number of hydrogen-bond donors (Lipinski definition) is 1. The molecule has 2 aliphatic heterocycles. The Morgan fingerprint density at radius 2 is 1.93 bits per heavy atom. The predicted molar refractivity (Wildman–Crippen MR) is 106 cm³/mol. The molecule has 4 saturated carbocycles. The molecule has 0 amide bonds. The quantitative estimate of drug-likeness (QED) is 0.862. The van der Waals surface area contributed by atoms with Gasteiger partial charge in [0.2, 0.25) is 0 Å². The molecular weight excluding hydrogens is 350 g/mol. The molecule has 1 aromatic rings. The number of hydrogen-bond acceptors (Lipinski definition) is 4. The monoisotopic (exact) mass is 381 g/mol. The van der Waals surface area contributed by atoms with Gasteiger partial charge in [-0.1, -0.05) is 18.9 Å². The van der Waals surface area contributed by atoms with Gasteiger partial charge < -0.3 is 19.5 Å². The van der Waals surface area contributed by atoms with Crippen LogP contribution in [0.3, 0.4) is 0 Å². The molecule has 7 aliphatic rings. The zero-order valence-electron chi connectivity index (χ0n) is 17.1. The van der Waals surface area contributed by atoms with E-state index < -0.39 is 0 Å². The van der Waals surface area contributed by atoms with Crippen molar-refractivity contribution in [1.82, 2.24) is 5.32 Å².